The van der Waals surface area contributed by atoms with Gasteiger partial charge in [0.2, 0.25) is 11.8 Å². The van der Waals surface area contributed by atoms with Crippen LogP contribution in [0.2, 0.25) is 0 Å². The van der Waals surface area contributed by atoms with Crippen LogP contribution in [0.15, 0.2) is 10.4 Å². The number of thiocarbonyl (C=S) groups is 2. The average molecular weight is 908 g/mol. The van der Waals surface area contributed by atoms with Gasteiger partial charge in [-0.05, 0) is 111 Å². The van der Waals surface area contributed by atoms with Crippen LogP contribution in [0.25, 0.3) is 6.08 Å². The molecule has 2 saturated heterocycles. The summed E-state index contributed by atoms with van der Waals surface area (Å²) in [4.78, 5) is 66.2. The smallest absolute Gasteiger partial charge is 1.00 e. The second-order valence-corrected chi connectivity index (χ2v) is 11.2. The Kier molecular flexibility index (Phi) is 26.4. The minimum absolute atomic E-state index is 0. The molecule has 0 N–H and O–H groups in total. The van der Waals surface area contributed by atoms with Crippen LogP contribution in [0, 0.1) is 4.77 Å². The topological polar surface area (TPSA) is 159 Å². The van der Waals surface area contributed by atoms with Gasteiger partial charge >= 0.3 is 29.6 Å². The van der Waals surface area contributed by atoms with E-state index >= 15 is 0 Å². The maximum Gasteiger partial charge on any atom is 1.00 e. The molecule has 0 aliphatic carbocycles. The molecule has 20 heteroatoms. The maximum absolute atomic E-state index is 12.7. The van der Waals surface area contributed by atoms with Crippen molar-refractivity contribution in [3.8, 4) is 5.88 Å². The second kappa shape index (κ2) is 26.2. The molecule has 15 nitrogen and oxygen atoms in total. The molecule has 3 rings (SSSR count). The third kappa shape index (κ3) is 13.0. The second-order valence-electron chi connectivity index (χ2n) is 10.1. The first kappa shape index (κ1) is 52.4. The van der Waals surface area contributed by atoms with E-state index in [0.29, 0.717) is 38.0 Å². The summed E-state index contributed by atoms with van der Waals surface area (Å²) in [5, 5.41) is 13.2. The molecule has 4 amide bonds. The molecule has 52 heavy (non-hydrogen) atoms. The van der Waals surface area contributed by atoms with E-state index in [0.717, 1.165) is 6.08 Å². The fourth-order valence-corrected chi connectivity index (χ4v) is 6.08. The molecule has 1 aromatic rings. The molecule has 3 heterocycles. The van der Waals surface area contributed by atoms with Crippen molar-refractivity contribution in [1.82, 2.24) is 28.7 Å². The predicted molar refractivity (Wildman–Crippen MR) is 196 cm³/mol. The Morgan fingerprint density at radius 2 is 1.00 bits per heavy atom. The van der Waals surface area contributed by atoms with Crippen LogP contribution >= 0.6 is 36.7 Å². The zero-order chi connectivity index (χ0) is 38.3. The summed E-state index contributed by atoms with van der Waals surface area (Å²) in [6, 6.07) is 0. The van der Waals surface area contributed by atoms with E-state index < -0.39 is 29.7 Å². The number of likely N-dealkylation sites (N-methyl/N-ethyl adjacent to an activating group) is 2. The van der Waals surface area contributed by atoms with E-state index in [-0.39, 0.29) is 119 Å². The molecule has 2 aliphatic heterocycles. The predicted octanol–water partition coefficient (Wildman–Crippen LogP) is -3.37. The monoisotopic (exact) mass is 907 g/mol. The largest absolute Gasteiger partial charge is 1.00 e. The number of nitrogens with zero attached hydrogens (tertiary/aromatic N) is 6. The van der Waals surface area contributed by atoms with Gasteiger partial charge < -0.3 is 47.9 Å². The zero-order valence-electron chi connectivity index (χ0n) is 31.7. The van der Waals surface area contributed by atoms with Crippen LogP contribution in [-0.2, 0) is 46.5 Å². The Balaban J connectivity index is 0. The number of carbonyl (C=O) groups excluding carboxylic acids is 4. The van der Waals surface area contributed by atoms with Gasteiger partial charge in [0.1, 0.15) is 12.0 Å². The van der Waals surface area contributed by atoms with Crippen molar-refractivity contribution in [2.45, 2.75) is 88.3 Å². The quantitative estimate of drug-likeness (QED) is 0.0369. The number of halogens is 1. The summed E-state index contributed by atoms with van der Waals surface area (Å²) in [5.74, 6) is -2.25. The molecule has 2 aliphatic rings. The van der Waals surface area contributed by atoms with Crippen LogP contribution in [0.3, 0.4) is 0 Å². The Morgan fingerprint density at radius 1 is 0.635 bits per heavy atom. The van der Waals surface area contributed by atoms with Crippen molar-refractivity contribution < 1.29 is 92.0 Å². The van der Waals surface area contributed by atoms with Crippen LogP contribution in [0.1, 0.15) is 74.3 Å². The minimum Gasteiger partial charge on any atom is -1.00 e. The molecular formula is C32H49IN6NaO9S3-. The Morgan fingerprint density at radius 3 is 1.33 bits per heavy atom. The van der Waals surface area contributed by atoms with Gasteiger partial charge in [-0.2, -0.15) is 0 Å². The van der Waals surface area contributed by atoms with Gasteiger partial charge in [0.25, 0.3) is 23.8 Å². The summed E-state index contributed by atoms with van der Waals surface area (Å²) in [7, 11) is 0. The first-order chi connectivity index (χ1) is 23.7. The van der Waals surface area contributed by atoms with Crippen LogP contribution in [-0.4, -0.2) is 115 Å². The Bertz CT molecular complexity index is 1510. The van der Waals surface area contributed by atoms with Gasteiger partial charge in [-0.3, -0.25) is 48.1 Å². The molecule has 0 atom stereocenters. The van der Waals surface area contributed by atoms with Crippen molar-refractivity contribution in [2.24, 2.45) is 0 Å². The first-order valence-electron chi connectivity index (χ1n) is 16.6. The number of hydrogen-bond donors (Lipinski definition) is 0. The summed E-state index contributed by atoms with van der Waals surface area (Å²) in [6.07, 6.45) is 1.03. The number of aromatic nitrogens is 2. The van der Waals surface area contributed by atoms with Gasteiger partial charge in [0.15, 0.2) is 15.0 Å². The molecule has 0 radical (unpaired) electrons. The molecule has 1 aromatic heterocycles. The zero-order valence-corrected chi connectivity index (χ0v) is 38.3. The summed E-state index contributed by atoms with van der Waals surface area (Å²) < 4.78 is 17.9. The van der Waals surface area contributed by atoms with Gasteiger partial charge in [0.05, 0.1) is 0 Å². The Hall–Kier alpha value is -1.69. The van der Waals surface area contributed by atoms with Gasteiger partial charge in [-0.15, -0.1) is 0 Å². The number of hydrogen-bond acceptors (Lipinski definition) is 12. The first-order valence-corrected chi connectivity index (χ1v) is 17.9. The molecule has 288 valence electrons. The SMILES string of the molecule is CCN1C(=O)C(=Cc2c([O-])n(CC)c(=S)n(CC)c2=O)C(=O)N(CC)C1=S.CCN1C(=O)CC(=O)N(CC)C1=S.CCOC(OCC)OCC.[I-].[Na+]. The molecule has 0 unspecified atom stereocenters. The normalized spacial score (nSPS) is 14.5. The molecular weight excluding hydrogens is 858 g/mol. The van der Waals surface area contributed by atoms with E-state index in [2.05, 4.69) is 0 Å². The van der Waals surface area contributed by atoms with Crippen molar-refractivity contribution >= 4 is 76.6 Å². The third-order valence-corrected chi connectivity index (χ3v) is 8.61. The van der Waals surface area contributed by atoms with Crippen molar-refractivity contribution in [3.05, 3.63) is 26.3 Å². The van der Waals surface area contributed by atoms with E-state index in [9.17, 15) is 29.1 Å². The number of rotatable bonds is 13. The summed E-state index contributed by atoms with van der Waals surface area (Å²) >= 11 is 15.4. The van der Waals surface area contributed by atoms with E-state index in [4.69, 9.17) is 50.9 Å². The average Bonchev–Trinajstić information content (AvgIpc) is 3.06. The number of carbonyl (C=O) groups is 4. The van der Waals surface area contributed by atoms with E-state index in [1.807, 2.05) is 34.6 Å². The van der Waals surface area contributed by atoms with E-state index in [1.54, 1.807) is 27.7 Å². The van der Waals surface area contributed by atoms with Gasteiger partial charge in [0, 0.05) is 64.7 Å². The van der Waals surface area contributed by atoms with Crippen molar-refractivity contribution in [2.75, 3.05) is 46.0 Å². The van der Waals surface area contributed by atoms with Crippen LogP contribution in [0.5, 0.6) is 5.88 Å². The number of amides is 4. The van der Waals surface area contributed by atoms with Crippen LogP contribution < -0.4 is 64.2 Å². The number of ether oxygens (including phenoxy) is 3. The molecule has 2 fully saturated rings. The standard InChI is InChI=1S/C17H22N4O4S2.C8H12N2O2S.C7H16O3.HI.Na/c1-5-18-12(22)10(13(23)19(6-2)16(18)26)9-11-14(24)20(7-3)17(27)21(8-4)15(11)25;1-3-9-6(11)5-7(12)10(4-2)8(9)13;1-4-8-7(9-5-2)10-6-3;;/h9,22H,5-8H2,1-4H3;3-5H2,1-2H3;7H,4-6H2,1-3H3;1H;/q;;;;+1/p-2. The van der Waals surface area contributed by atoms with Gasteiger partial charge in [-0.1, -0.05) is 0 Å². The van der Waals surface area contributed by atoms with E-state index in [1.165, 1.54) is 28.7 Å². The van der Waals surface area contributed by atoms with Crippen molar-refractivity contribution in [3.63, 3.8) is 0 Å². The third-order valence-electron chi connectivity index (χ3n) is 7.29. The van der Waals surface area contributed by atoms with Crippen LogP contribution in [0.4, 0.5) is 0 Å². The van der Waals surface area contributed by atoms with Crippen molar-refractivity contribution in [1.29, 1.82) is 0 Å². The fourth-order valence-electron chi connectivity index (χ4n) is 4.77. The van der Waals surface area contributed by atoms with Gasteiger partial charge in [-0.25, -0.2) is 0 Å². The minimum atomic E-state index is -0.621. The molecule has 0 bridgehead atoms. The molecule has 0 saturated carbocycles. The fraction of sp³-hybridized carbons (Fsp3) is 0.625. The summed E-state index contributed by atoms with van der Waals surface area (Å²) in [5.41, 5.74) is -1.14. The molecule has 0 spiro atoms. The molecule has 0 aromatic carbocycles. The Labute approximate surface area is 360 Å². The summed E-state index contributed by atoms with van der Waals surface area (Å²) in [6.45, 7) is 19.8. The maximum atomic E-state index is 12.7.